The number of aryl methyl sites for hydroxylation is 3. The summed E-state index contributed by atoms with van der Waals surface area (Å²) in [6.45, 7) is 8.48. The van der Waals surface area contributed by atoms with E-state index in [0.29, 0.717) is 0 Å². The van der Waals surface area contributed by atoms with Crippen LogP contribution in [0.15, 0.2) is 41.8 Å². The summed E-state index contributed by atoms with van der Waals surface area (Å²) in [5, 5.41) is 12.0. The maximum Gasteiger partial charge on any atom is 0.156 e. The summed E-state index contributed by atoms with van der Waals surface area (Å²) < 4.78 is 0. The highest BCUT2D eigenvalue weighted by Crippen LogP contribution is 2.26. The van der Waals surface area contributed by atoms with Crippen molar-refractivity contribution in [2.75, 3.05) is 18.8 Å². The maximum atomic E-state index is 7.98. The number of hydrogen-bond donors (Lipinski definition) is 1. The molecule has 0 aliphatic carbocycles. The molecule has 3 nitrogen and oxygen atoms in total. The van der Waals surface area contributed by atoms with Crippen molar-refractivity contribution in [1.29, 1.82) is 5.41 Å². The second-order valence-electron chi connectivity index (χ2n) is 7.77. The summed E-state index contributed by atoms with van der Waals surface area (Å²) in [5.41, 5.74) is 8.98. The molecule has 29 heavy (non-hydrogen) atoms. The number of amidine groups is 1. The zero-order chi connectivity index (χ0) is 20.4. The first-order valence-corrected chi connectivity index (χ1v) is 11.9. The number of thioether (sulfide) groups is 1. The summed E-state index contributed by atoms with van der Waals surface area (Å²) in [5.74, 6) is 1.05. The second kappa shape index (κ2) is 8.72. The molecule has 0 radical (unpaired) electrons. The molecule has 2 heterocycles. The second-order valence-corrected chi connectivity index (χ2v) is 9.79. The normalized spacial score (nSPS) is 14.0. The van der Waals surface area contributed by atoms with Gasteiger partial charge in [0.2, 0.25) is 0 Å². The largest absolute Gasteiger partial charge is 0.350 e. The molecule has 1 fully saturated rings. The monoisotopic (exact) mass is 421 g/mol. The van der Waals surface area contributed by atoms with Gasteiger partial charge in [0.15, 0.2) is 5.17 Å². The van der Waals surface area contributed by atoms with Crippen LogP contribution in [0.1, 0.15) is 32.8 Å². The van der Waals surface area contributed by atoms with Crippen LogP contribution in [0.2, 0.25) is 0 Å². The Morgan fingerprint density at radius 1 is 1.03 bits per heavy atom. The third kappa shape index (κ3) is 4.73. The van der Waals surface area contributed by atoms with E-state index in [1.54, 1.807) is 23.1 Å². The van der Waals surface area contributed by atoms with Gasteiger partial charge in [-0.25, -0.2) is 4.98 Å². The highest BCUT2D eigenvalue weighted by Gasteiger charge is 2.17. The molecule has 1 aliphatic heterocycles. The molecule has 2 aromatic carbocycles. The highest BCUT2D eigenvalue weighted by atomic mass is 32.2. The minimum Gasteiger partial charge on any atom is -0.350 e. The van der Waals surface area contributed by atoms with Crippen LogP contribution in [-0.2, 0) is 12.8 Å². The molecule has 1 aliphatic rings. The van der Waals surface area contributed by atoms with Crippen LogP contribution < -0.4 is 0 Å². The third-order valence-corrected chi connectivity index (χ3v) is 7.34. The van der Waals surface area contributed by atoms with Crippen LogP contribution in [0.4, 0.5) is 0 Å². The Morgan fingerprint density at radius 2 is 1.76 bits per heavy atom. The van der Waals surface area contributed by atoms with E-state index >= 15 is 0 Å². The first-order chi connectivity index (χ1) is 14.0. The minimum atomic E-state index is 0.726. The molecule has 0 unspecified atom stereocenters. The fourth-order valence-electron chi connectivity index (χ4n) is 3.72. The zero-order valence-electron chi connectivity index (χ0n) is 17.3. The number of nitrogens with one attached hydrogen (secondary N) is 1. The lowest BCUT2D eigenvalue weighted by Gasteiger charge is -2.18. The van der Waals surface area contributed by atoms with Crippen molar-refractivity contribution in [3.63, 3.8) is 0 Å². The van der Waals surface area contributed by atoms with E-state index in [4.69, 9.17) is 10.4 Å². The zero-order valence-corrected chi connectivity index (χ0v) is 18.9. The van der Waals surface area contributed by atoms with Crippen LogP contribution >= 0.6 is 23.1 Å². The summed E-state index contributed by atoms with van der Waals surface area (Å²) >= 11 is 3.40. The van der Waals surface area contributed by atoms with E-state index in [9.17, 15) is 0 Å². The Bertz CT molecular complexity index is 1020. The lowest BCUT2D eigenvalue weighted by Crippen LogP contribution is -2.26. The molecule has 150 valence electrons. The van der Waals surface area contributed by atoms with Gasteiger partial charge in [0.25, 0.3) is 0 Å². The minimum absolute atomic E-state index is 0.726. The van der Waals surface area contributed by atoms with Gasteiger partial charge >= 0.3 is 0 Å². The first-order valence-electron chi connectivity index (χ1n) is 10.1. The first kappa shape index (κ1) is 20.2. The molecule has 0 amide bonds. The van der Waals surface area contributed by atoms with Gasteiger partial charge in [-0.15, -0.1) is 11.3 Å². The molecule has 1 saturated heterocycles. The van der Waals surface area contributed by atoms with Crippen molar-refractivity contribution in [3.05, 3.63) is 74.6 Å². The number of aromatic nitrogens is 1. The summed E-state index contributed by atoms with van der Waals surface area (Å²) in [7, 11) is 0. The Kier molecular flexibility index (Phi) is 6.07. The van der Waals surface area contributed by atoms with Gasteiger partial charge in [0.05, 0.1) is 10.7 Å². The molecule has 1 aromatic heterocycles. The highest BCUT2D eigenvalue weighted by molar-refractivity contribution is 8.14. The number of rotatable bonds is 6. The van der Waals surface area contributed by atoms with E-state index in [1.807, 2.05) is 0 Å². The van der Waals surface area contributed by atoms with Gasteiger partial charge in [-0.05, 0) is 49.4 Å². The molecule has 5 heteroatoms. The number of thiazole rings is 1. The van der Waals surface area contributed by atoms with Gasteiger partial charge < -0.3 is 4.90 Å². The lowest BCUT2D eigenvalue weighted by molar-refractivity contribution is 0.463. The topological polar surface area (TPSA) is 40.0 Å². The summed E-state index contributed by atoms with van der Waals surface area (Å²) in [6.07, 6.45) is 1.89. The standard InChI is InChI=1S/C24H27N3S2/c1-16-4-6-19(7-5-16)22-15-29-23(26-22)14-21-13-17(2)20(12-18(21)3)8-9-27-10-11-28-24(27)25/h4-7,12-13,15,25H,8-11,14H2,1-3H3. The Morgan fingerprint density at radius 3 is 2.48 bits per heavy atom. The van der Waals surface area contributed by atoms with Crippen LogP contribution in [0.3, 0.4) is 0 Å². The smallest absolute Gasteiger partial charge is 0.156 e. The van der Waals surface area contributed by atoms with Gasteiger partial charge in [-0.1, -0.05) is 53.7 Å². The number of nitrogens with zero attached hydrogens (tertiary/aromatic N) is 2. The van der Waals surface area contributed by atoms with Gasteiger partial charge in [-0.3, -0.25) is 5.41 Å². The van der Waals surface area contributed by atoms with Crippen molar-refractivity contribution in [2.24, 2.45) is 0 Å². The fourth-order valence-corrected chi connectivity index (χ4v) is 5.42. The van der Waals surface area contributed by atoms with Crippen molar-refractivity contribution in [2.45, 2.75) is 33.6 Å². The Labute approximate surface area is 181 Å². The van der Waals surface area contributed by atoms with E-state index in [-0.39, 0.29) is 0 Å². The fraction of sp³-hybridized carbons (Fsp3) is 0.333. The van der Waals surface area contributed by atoms with Crippen molar-refractivity contribution in [1.82, 2.24) is 9.88 Å². The van der Waals surface area contributed by atoms with E-state index in [0.717, 1.165) is 42.5 Å². The predicted octanol–water partition coefficient (Wildman–Crippen LogP) is 5.85. The predicted molar refractivity (Wildman–Crippen MR) is 126 cm³/mol. The van der Waals surface area contributed by atoms with E-state index in [2.05, 4.69) is 67.4 Å². The molecule has 0 atom stereocenters. The van der Waals surface area contributed by atoms with Crippen molar-refractivity contribution >= 4 is 28.3 Å². The molecule has 0 bridgehead atoms. The quantitative estimate of drug-likeness (QED) is 0.542. The van der Waals surface area contributed by atoms with Gasteiger partial charge in [-0.2, -0.15) is 0 Å². The van der Waals surface area contributed by atoms with Crippen molar-refractivity contribution < 1.29 is 0 Å². The molecular weight excluding hydrogens is 394 g/mol. The lowest BCUT2D eigenvalue weighted by atomic mass is 9.96. The molecule has 4 rings (SSSR count). The van der Waals surface area contributed by atoms with Crippen LogP contribution in [-0.4, -0.2) is 33.9 Å². The molecule has 0 spiro atoms. The molecule has 3 aromatic rings. The molecule has 0 saturated carbocycles. The van der Waals surface area contributed by atoms with Crippen molar-refractivity contribution in [3.8, 4) is 11.3 Å². The van der Waals surface area contributed by atoms with Crippen LogP contribution in [0.5, 0.6) is 0 Å². The average Bonchev–Trinajstić information content (AvgIpc) is 3.33. The van der Waals surface area contributed by atoms with E-state index in [1.165, 1.54) is 38.4 Å². The van der Waals surface area contributed by atoms with E-state index < -0.39 is 0 Å². The van der Waals surface area contributed by atoms with Gasteiger partial charge in [0.1, 0.15) is 0 Å². The Balaban J connectivity index is 1.46. The summed E-state index contributed by atoms with van der Waals surface area (Å²) in [4.78, 5) is 7.07. The Hall–Kier alpha value is -2.11. The third-order valence-electron chi connectivity index (χ3n) is 5.57. The average molecular weight is 422 g/mol. The van der Waals surface area contributed by atoms with Crippen LogP contribution in [0, 0.1) is 26.2 Å². The number of hydrogen-bond acceptors (Lipinski definition) is 4. The van der Waals surface area contributed by atoms with Crippen LogP contribution in [0.25, 0.3) is 11.3 Å². The molecular formula is C24H27N3S2. The maximum absolute atomic E-state index is 7.98. The van der Waals surface area contributed by atoms with Gasteiger partial charge in [0, 0.05) is 36.2 Å². The molecule has 1 N–H and O–H groups in total. The summed E-state index contributed by atoms with van der Waals surface area (Å²) in [6, 6.07) is 13.3. The SMILES string of the molecule is Cc1ccc(-c2csc(Cc3cc(C)c(CCN4CCSC4=N)cc3C)n2)cc1. The number of benzene rings is 2.